The first kappa shape index (κ1) is 5.87. The van der Waals surface area contributed by atoms with Gasteiger partial charge in [-0.05, 0) is 11.6 Å². The van der Waals surface area contributed by atoms with E-state index in [2.05, 4.69) is 5.73 Å². The number of benzene rings is 1. The normalized spacial score (nSPS) is 8.00. The van der Waals surface area contributed by atoms with Crippen LogP contribution in [0.2, 0.25) is 0 Å². The second kappa shape index (κ2) is 2.91. The van der Waals surface area contributed by atoms with E-state index in [1.807, 2.05) is 30.3 Å². The van der Waals surface area contributed by atoms with Crippen molar-refractivity contribution in [1.82, 2.24) is 0 Å². The van der Waals surface area contributed by atoms with E-state index in [1.54, 1.807) is 6.08 Å². The number of hydrogen-bond donors (Lipinski definition) is 0. The van der Waals surface area contributed by atoms with Crippen LogP contribution >= 0.6 is 0 Å². The minimum atomic E-state index is 1.02. The van der Waals surface area contributed by atoms with Crippen molar-refractivity contribution in [2.24, 2.45) is 0 Å². The van der Waals surface area contributed by atoms with Gasteiger partial charge < -0.3 is 0 Å². The summed E-state index contributed by atoms with van der Waals surface area (Å²) in [6.07, 6.45) is 1.62. The maximum atomic E-state index is 6.63. The molecule has 0 spiro atoms. The van der Waals surface area contributed by atoms with Gasteiger partial charge in [-0.15, -0.1) is 5.73 Å². The molecule has 0 nitrogen and oxygen atoms in total. The fourth-order valence-corrected chi connectivity index (χ4v) is 0.633. The SMILES string of the molecule is [C]=C=Cc1ccccc1. The summed E-state index contributed by atoms with van der Waals surface area (Å²) in [5.74, 6) is 0. The van der Waals surface area contributed by atoms with Gasteiger partial charge in [-0.25, -0.2) is 0 Å². The highest BCUT2D eigenvalue weighted by molar-refractivity contribution is 5.47. The molecule has 0 saturated carbocycles. The summed E-state index contributed by atoms with van der Waals surface area (Å²) in [6, 6.07) is 9.68. The van der Waals surface area contributed by atoms with E-state index in [1.165, 1.54) is 0 Å². The van der Waals surface area contributed by atoms with Gasteiger partial charge >= 0.3 is 0 Å². The molecule has 9 heavy (non-hydrogen) atoms. The van der Waals surface area contributed by atoms with Crippen LogP contribution in [0, 0.1) is 6.58 Å². The van der Waals surface area contributed by atoms with Crippen LogP contribution in [0.3, 0.4) is 0 Å². The quantitative estimate of drug-likeness (QED) is 0.491. The highest BCUT2D eigenvalue weighted by atomic mass is 13.8. The van der Waals surface area contributed by atoms with E-state index >= 15 is 0 Å². The third-order valence-corrected chi connectivity index (χ3v) is 1.04. The second-order valence-electron chi connectivity index (χ2n) is 1.70. The van der Waals surface area contributed by atoms with E-state index in [0.717, 1.165) is 5.56 Å². The van der Waals surface area contributed by atoms with E-state index < -0.39 is 0 Å². The van der Waals surface area contributed by atoms with Gasteiger partial charge in [-0.3, -0.25) is 0 Å². The molecule has 0 heterocycles. The van der Waals surface area contributed by atoms with Crippen molar-refractivity contribution < 1.29 is 0 Å². The molecule has 2 radical (unpaired) electrons. The van der Waals surface area contributed by atoms with Crippen molar-refractivity contribution in [2.75, 3.05) is 0 Å². The molecule has 0 heteroatoms. The molecule has 0 N–H and O–H groups in total. The topological polar surface area (TPSA) is 0 Å². The van der Waals surface area contributed by atoms with E-state index in [-0.39, 0.29) is 0 Å². The van der Waals surface area contributed by atoms with Crippen molar-refractivity contribution >= 4 is 6.08 Å². The number of rotatable bonds is 1. The van der Waals surface area contributed by atoms with Crippen molar-refractivity contribution in [3.63, 3.8) is 0 Å². The van der Waals surface area contributed by atoms with Crippen molar-refractivity contribution in [1.29, 1.82) is 0 Å². The Labute approximate surface area is 55.1 Å². The zero-order chi connectivity index (χ0) is 6.53. The Morgan fingerprint density at radius 1 is 1.22 bits per heavy atom. The molecular formula is C9H6. The van der Waals surface area contributed by atoms with Crippen LogP contribution < -0.4 is 0 Å². The van der Waals surface area contributed by atoms with Crippen molar-refractivity contribution in [2.45, 2.75) is 0 Å². The Hall–Kier alpha value is -1.26. The largest absolute Gasteiger partial charge is 0.110 e. The molecule has 42 valence electrons. The van der Waals surface area contributed by atoms with Crippen LogP contribution in [0.15, 0.2) is 36.1 Å². The van der Waals surface area contributed by atoms with Crippen LogP contribution in [0.4, 0.5) is 0 Å². The fraction of sp³-hybridized carbons (Fsp3) is 0. The average Bonchev–Trinajstić information content (AvgIpc) is 1.91. The first-order valence-electron chi connectivity index (χ1n) is 2.74. The van der Waals surface area contributed by atoms with E-state index in [9.17, 15) is 0 Å². The molecule has 0 atom stereocenters. The predicted molar refractivity (Wildman–Crippen MR) is 37.7 cm³/mol. The molecule has 1 aromatic rings. The van der Waals surface area contributed by atoms with Crippen LogP contribution in [0.25, 0.3) is 6.08 Å². The molecule has 1 aromatic carbocycles. The standard InChI is InChI=1S/C9H6/c1-2-6-9-7-4-3-5-8-9/h3-8H. The van der Waals surface area contributed by atoms with Gasteiger partial charge in [0.25, 0.3) is 0 Å². The van der Waals surface area contributed by atoms with Crippen molar-refractivity contribution in [3.8, 4) is 0 Å². The maximum Gasteiger partial charge on any atom is 0.0491 e. The molecule has 0 fully saturated rings. The minimum absolute atomic E-state index is 1.02. The molecule has 1 rings (SSSR count). The third kappa shape index (κ3) is 1.60. The highest BCUT2D eigenvalue weighted by Gasteiger charge is 1.77. The Morgan fingerprint density at radius 2 is 1.89 bits per heavy atom. The summed E-state index contributed by atoms with van der Waals surface area (Å²) >= 11 is 0. The lowest BCUT2D eigenvalue weighted by Crippen LogP contribution is -1.64. The lowest BCUT2D eigenvalue weighted by Gasteiger charge is -1.85. The third-order valence-electron chi connectivity index (χ3n) is 1.04. The molecule has 0 aromatic heterocycles. The second-order valence-corrected chi connectivity index (χ2v) is 1.70. The first-order chi connectivity index (χ1) is 4.43. The van der Waals surface area contributed by atoms with Crippen LogP contribution in [0.1, 0.15) is 5.56 Å². The summed E-state index contributed by atoms with van der Waals surface area (Å²) in [5.41, 5.74) is 3.23. The molecule has 0 aliphatic heterocycles. The fourth-order valence-electron chi connectivity index (χ4n) is 0.633. The Bertz CT molecular complexity index is 215. The Balaban J connectivity index is 2.97. The smallest absolute Gasteiger partial charge is 0.0491 e. The minimum Gasteiger partial charge on any atom is -0.110 e. The summed E-state index contributed by atoms with van der Waals surface area (Å²) in [4.78, 5) is 0. The van der Waals surface area contributed by atoms with Crippen LogP contribution in [-0.4, -0.2) is 0 Å². The summed E-state index contributed by atoms with van der Waals surface area (Å²) in [7, 11) is 0. The Kier molecular flexibility index (Phi) is 1.90. The molecule has 0 bridgehead atoms. The maximum absolute atomic E-state index is 6.63. The van der Waals surface area contributed by atoms with Gasteiger partial charge in [0.1, 0.15) is 0 Å². The molecule has 0 aliphatic rings. The summed E-state index contributed by atoms with van der Waals surface area (Å²) < 4.78 is 0. The number of hydrogen-bond acceptors (Lipinski definition) is 0. The van der Waals surface area contributed by atoms with Crippen LogP contribution in [-0.2, 0) is 0 Å². The van der Waals surface area contributed by atoms with Gasteiger partial charge in [0.2, 0.25) is 0 Å². The Morgan fingerprint density at radius 3 is 2.44 bits per heavy atom. The predicted octanol–water partition coefficient (Wildman–Crippen LogP) is 2.16. The molecule has 0 unspecified atom stereocenters. The van der Waals surface area contributed by atoms with E-state index in [0.29, 0.717) is 0 Å². The molecule has 0 amide bonds. The monoisotopic (exact) mass is 114 g/mol. The van der Waals surface area contributed by atoms with Gasteiger partial charge in [0.15, 0.2) is 0 Å². The van der Waals surface area contributed by atoms with Gasteiger partial charge in [0.05, 0.1) is 0 Å². The first-order valence-corrected chi connectivity index (χ1v) is 2.74. The average molecular weight is 114 g/mol. The van der Waals surface area contributed by atoms with Gasteiger partial charge in [0, 0.05) is 6.58 Å². The zero-order valence-corrected chi connectivity index (χ0v) is 4.96. The zero-order valence-electron chi connectivity index (χ0n) is 4.96. The molecule has 0 saturated heterocycles. The van der Waals surface area contributed by atoms with Crippen LogP contribution in [0.5, 0.6) is 0 Å². The van der Waals surface area contributed by atoms with Crippen molar-refractivity contribution in [3.05, 3.63) is 48.2 Å². The highest BCUT2D eigenvalue weighted by Crippen LogP contribution is 1.98. The summed E-state index contributed by atoms with van der Waals surface area (Å²) in [6.45, 7) is 6.63. The molecular weight excluding hydrogens is 108 g/mol. The summed E-state index contributed by atoms with van der Waals surface area (Å²) in [5, 5.41) is 0. The lowest BCUT2D eigenvalue weighted by molar-refractivity contribution is 1.66. The lowest BCUT2D eigenvalue weighted by atomic mass is 10.2. The van der Waals surface area contributed by atoms with Gasteiger partial charge in [-0.1, -0.05) is 30.3 Å². The van der Waals surface area contributed by atoms with Gasteiger partial charge in [-0.2, -0.15) is 0 Å². The molecule has 0 aliphatic carbocycles. The van der Waals surface area contributed by atoms with E-state index in [4.69, 9.17) is 6.58 Å².